The van der Waals surface area contributed by atoms with Crippen LogP contribution < -0.4 is 15.2 Å². The average Bonchev–Trinajstić information content (AvgIpc) is 2.75. The number of alkyl halides is 3. The number of aliphatic hydroxyl groups excluding tert-OH is 2. The number of halogens is 3. The van der Waals surface area contributed by atoms with Crippen LogP contribution in [0.5, 0.6) is 11.5 Å². The molecule has 0 aromatic heterocycles. The summed E-state index contributed by atoms with van der Waals surface area (Å²) in [6.45, 7) is 1.18. The molecule has 172 valence electrons. The Labute approximate surface area is 180 Å². The highest BCUT2D eigenvalue weighted by atomic mass is 19.4. The monoisotopic (exact) mass is 441 g/mol. The number of methoxy groups -OCH3 is 1. The number of ether oxygens (including phenoxy) is 2. The summed E-state index contributed by atoms with van der Waals surface area (Å²) in [4.78, 5) is 0. The Kier molecular flexibility index (Phi) is 8.73. The third kappa shape index (κ3) is 7.12. The predicted molar refractivity (Wildman–Crippen MR) is 112 cm³/mol. The van der Waals surface area contributed by atoms with Crippen LogP contribution in [0.3, 0.4) is 0 Å². The Bertz CT molecular complexity index is 851. The summed E-state index contributed by atoms with van der Waals surface area (Å²) in [7, 11) is 1.60. The summed E-state index contributed by atoms with van der Waals surface area (Å²) < 4.78 is 51.3. The van der Waals surface area contributed by atoms with Gasteiger partial charge in [-0.15, -0.1) is 0 Å². The van der Waals surface area contributed by atoms with Gasteiger partial charge in [0.15, 0.2) is 0 Å². The number of rotatable bonds is 11. The first-order valence-electron chi connectivity index (χ1n) is 10.1. The van der Waals surface area contributed by atoms with Crippen molar-refractivity contribution in [1.82, 2.24) is 0 Å². The number of hydrogen-bond donors (Lipinski definition) is 3. The molecule has 0 atom stereocenters. The fraction of sp³-hybridized carbons (Fsp3) is 0.478. The molecule has 0 amide bonds. The van der Waals surface area contributed by atoms with Crippen LogP contribution in [0.2, 0.25) is 0 Å². The quantitative estimate of drug-likeness (QED) is 0.464. The smallest absolute Gasteiger partial charge is 0.419 e. The molecule has 31 heavy (non-hydrogen) atoms. The van der Waals surface area contributed by atoms with E-state index in [0.29, 0.717) is 18.4 Å². The molecule has 0 aliphatic rings. The van der Waals surface area contributed by atoms with Gasteiger partial charge in [0.1, 0.15) is 11.5 Å². The van der Waals surface area contributed by atoms with Crippen LogP contribution >= 0.6 is 0 Å². The van der Waals surface area contributed by atoms with E-state index in [9.17, 15) is 23.4 Å². The Morgan fingerprint density at radius 3 is 2.10 bits per heavy atom. The minimum Gasteiger partial charge on any atom is -0.496 e. The zero-order valence-corrected chi connectivity index (χ0v) is 17.8. The third-order valence-corrected chi connectivity index (χ3v) is 5.22. The van der Waals surface area contributed by atoms with Crippen LogP contribution in [-0.2, 0) is 19.0 Å². The molecule has 0 saturated carbocycles. The molecule has 0 saturated heterocycles. The average molecular weight is 441 g/mol. The van der Waals surface area contributed by atoms with Crippen molar-refractivity contribution in [3.8, 4) is 11.5 Å². The first-order valence-corrected chi connectivity index (χ1v) is 10.1. The molecular formula is C23H30F3NO4. The number of benzene rings is 2. The van der Waals surface area contributed by atoms with Gasteiger partial charge in [0, 0.05) is 0 Å². The van der Waals surface area contributed by atoms with Crippen molar-refractivity contribution in [2.75, 3.05) is 26.9 Å². The van der Waals surface area contributed by atoms with E-state index in [1.54, 1.807) is 13.2 Å². The molecule has 0 bridgehead atoms. The van der Waals surface area contributed by atoms with Crippen LogP contribution in [-0.4, -0.2) is 42.7 Å². The molecule has 2 aromatic carbocycles. The van der Waals surface area contributed by atoms with Crippen LogP contribution in [0.15, 0.2) is 36.4 Å². The molecule has 4 N–H and O–H groups in total. The van der Waals surface area contributed by atoms with Gasteiger partial charge in [0.2, 0.25) is 0 Å². The molecule has 0 unspecified atom stereocenters. The summed E-state index contributed by atoms with van der Waals surface area (Å²) >= 11 is 0. The molecular weight excluding hydrogens is 411 g/mol. The highest BCUT2D eigenvalue weighted by Gasteiger charge is 2.35. The van der Waals surface area contributed by atoms with Gasteiger partial charge in [0.25, 0.3) is 0 Å². The maximum Gasteiger partial charge on any atom is 0.419 e. The molecule has 0 aliphatic heterocycles. The van der Waals surface area contributed by atoms with Crippen molar-refractivity contribution in [3.63, 3.8) is 0 Å². The van der Waals surface area contributed by atoms with Crippen LogP contribution in [0, 0.1) is 6.92 Å². The number of hydrogen-bond acceptors (Lipinski definition) is 5. The number of aryl methyl sites for hydroxylation is 3. The Balaban J connectivity index is 2.01. The van der Waals surface area contributed by atoms with E-state index >= 15 is 0 Å². The van der Waals surface area contributed by atoms with Crippen molar-refractivity contribution in [3.05, 3.63) is 58.7 Å². The van der Waals surface area contributed by atoms with E-state index in [1.165, 1.54) is 6.07 Å². The fourth-order valence-corrected chi connectivity index (χ4v) is 3.24. The maximum absolute atomic E-state index is 13.5. The standard InChI is InChI=1S/C23H30F3NO4/c1-16-12-17(5-7-20(16)30-2)4-3-11-31-21-8-6-18(13-19(21)23(24,25)26)9-10-22(27,14-28)15-29/h5-8,12-13,28-29H,3-4,9-11,14-15,27H2,1-2H3. The second-order valence-corrected chi connectivity index (χ2v) is 7.76. The van der Waals surface area contributed by atoms with Gasteiger partial charge >= 0.3 is 6.18 Å². The Morgan fingerprint density at radius 2 is 1.55 bits per heavy atom. The van der Waals surface area contributed by atoms with E-state index < -0.39 is 30.5 Å². The summed E-state index contributed by atoms with van der Waals surface area (Å²) in [5, 5.41) is 18.5. The van der Waals surface area contributed by atoms with Crippen molar-refractivity contribution in [2.45, 2.75) is 44.3 Å². The van der Waals surface area contributed by atoms with Crippen LogP contribution in [0.25, 0.3) is 0 Å². The van der Waals surface area contributed by atoms with Gasteiger partial charge in [-0.3, -0.25) is 0 Å². The molecule has 0 radical (unpaired) electrons. The lowest BCUT2D eigenvalue weighted by molar-refractivity contribution is -0.139. The van der Waals surface area contributed by atoms with E-state index in [0.717, 1.165) is 22.9 Å². The van der Waals surface area contributed by atoms with Gasteiger partial charge < -0.3 is 25.4 Å². The minimum atomic E-state index is -4.56. The summed E-state index contributed by atoms with van der Waals surface area (Å²) in [5.74, 6) is 0.574. The van der Waals surface area contributed by atoms with E-state index in [1.807, 2.05) is 25.1 Å². The second-order valence-electron chi connectivity index (χ2n) is 7.76. The van der Waals surface area contributed by atoms with E-state index in [4.69, 9.17) is 15.2 Å². The summed E-state index contributed by atoms with van der Waals surface area (Å²) in [6, 6.07) is 9.69. The van der Waals surface area contributed by atoms with Crippen molar-refractivity contribution in [2.24, 2.45) is 5.73 Å². The van der Waals surface area contributed by atoms with Gasteiger partial charge in [-0.25, -0.2) is 0 Å². The molecule has 0 spiro atoms. The van der Waals surface area contributed by atoms with Gasteiger partial charge in [-0.2, -0.15) is 13.2 Å². The van der Waals surface area contributed by atoms with Crippen molar-refractivity contribution < 1.29 is 32.9 Å². The first-order chi connectivity index (χ1) is 14.6. The van der Waals surface area contributed by atoms with Crippen molar-refractivity contribution in [1.29, 1.82) is 0 Å². The molecule has 5 nitrogen and oxygen atoms in total. The lowest BCUT2D eigenvalue weighted by Gasteiger charge is -2.24. The molecule has 0 heterocycles. The topological polar surface area (TPSA) is 84.9 Å². The SMILES string of the molecule is COc1ccc(CCCOc2ccc(CCC(N)(CO)CO)cc2C(F)(F)F)cc1C. The van der Waals surface area contributed by atoms with Crippen LogP contribution in [0.4, 0.5) is 13.2 Å². The lowest BCUT2D eigenvalue weighted by atomic mass is 9.93. The van der Waals surface area contributed by atoms with E-state index in [-0.39, 0.29) is 25.2 Å². The Hall–Kier alpha value is -2.29. The maximum atomic E-state index is 13.5. The molecule has 0 fully saturated rings. The zero-order chi connectivity index (χ0) is 23.1. The molecule has 2 rings (SSSR count). The van der Waals surface area contributed by atoms with Gasteiger partial charge in [0.05, 0.1) is 38.0 Å². The van der Waals surface area contributed by atoms with Crippen molar-refractivity contribution >= 4 is 0 Å². The largest absolute Gasteiger partial charge is 0.496 e. The van der Waals surface area contributed by atoms with Gasteiger partial charge in [-0.05, 0) is 67.5 Å². The third-order valence-electron chi connectivity index (χ3n) is 5.22. The normalized spacial score (nSPS) is 12.1. The number of aliphatic hydroxyl groups is 2. The lowest BCUT2D eigenvalue weighted by Crippen LogP contribution is -2.47. The minimum absolute atomic E-state index is 0.147. The summed E-state index contributed by atoms with van der Waals surface area (Å²) in [5.41, 5.74) is 6.19. The highest BCUT2D eigenvalue weighted by Crippen LogP contribution is 2.37. The van der Waals surface area contributed by atoms with Crippen LogP contribution in [0.1, 0.15) is 35.1 Å². The molecule has 8 heteroatoms. The second kappa shape index (κ2) is 10.8. The highest BCUT2D eigenvalue weighted by molar-refractivity contribution is 5.40. The molecule has 2 aromatic rings. The van der Waals surface area contributed by atoms with E-state index in [2.05, 4.69) is 0 Å². The Morgan fingerprint density at radius 1 is 0.935 bits per heavy atom. The number of nitrogens with two attached hydrogens (primary N) is 1. The fourth-order valence-electron chi connectivity index (χ4n) is 3.24. The zero-order valence-electron chi connectivity index (χ0n) is 17.8. The van der Waals surface area contributed by atoms with Gasteiger partial charge in [-0.1, -0.05) is 18.2 Å². The first kappa shape index (κ1) is 25.0. The molecule has 0 aliphatic carbocycles. The summed E-state index contributed by atoms with van der Waals surface area (Å²) in [6.07, 6.45) is -2.98. The predicted octanol–water partition coefficient (Wildman–Crippen LogP) is 3.65.